The van der Waals surface area contributed by atoms with E-state index in [4.69, 9.17) is 22.9 Å². The normalized spacial score (nSPS) is 14.2. The maximum Gasteiger partial charge on any atom is 0.305 e. The van der Waals surface area contributed by atoms with E-state index in [0.29, 0.717) is 12.0 Å². The number of primary amides is 1. The second-order valence-electron chi connectivity index (χ2n) is 13.5. The number of aliphatic imine (C=N–C) groups is 1. The smallest absolute Gasteiger partial charge is 0.305 e. The zero-order valence-corrected chi connectivity index (χ0v) is 33.1. The number of aliphatic carboxylic acids is 1. The van der Waals surface area contributed by atoms with Crippen molar-refractivity contribution >= 4 is 59.2 Å². The number of nitrogens with two attached hydrogens (primary N) is 4. The van der Waals surface area contributed by atoms with Crippen LogP contribution in [0.5, 0.6) is 5.75 Å². The van der Waals surface area contributed by atoms with Crippen LogP contribution in [0.25, 0.3) is 0 Å². The summed E-state index contributed by atoms with van der Waals surface area (Å²) in [5, 5.41) is 53.6. The average Bonchev–Trinajstić information content (AvgIpc) is 3.19. The van der Waals surface area contributed by atoms with Crippen molar-refractivity contribution in [3.8, 4) is 5.75 Å². The number of nitrogens with one attached hydrogen (secondary N) is 7. The van der Waals surface area contributed by atoms with E-state index < -0.39 is 128 Å². The first-order chi connectivity index (χ1) is 28.2. The van der Waals surface area contributed by atoms with Crippen molar-refractivity contribution in [2.24, 2.45) is 33.8 Å². The first-order valence-electron chi connectivity index (χ1n) is 18.6. The molecule has 19 N–H and O–H groups in total. The van der Waals surface area contributed by atoms with E-state index in [0.717, 1.165) is 0 Å². The van der Waals surface area contributed by atoms with E-state index in [2.05, 4.69) is 36.9 Å². The molecule has 8 amide bonds. The third-order valence-electron chi connectivity index (χ3n) is 8.65. The van der Waals surface area contributed by atoms with Gasteiger partial charge in [0.05, 0.1) is 38.8 Å². The third-order valence-corrected chi connectivity index (χ3v) is 8.65. The van der Waals surface area contributed by atoms with Gasteiger partial charge in [-0.3, -0.25) is 48.1 Å². The number of carbonyl (C=O) groups excluding carboxylic acids is 8. The summed E-state index contributed by atoms with van der Waals surface area (Å²) in [6.07, 6.45) is -0.476. The van der Waals surface area contributed by atoms with Gasteiger partial charge in [0.1, 0.15) is 36.0 Å². The summed E-state index contributed by atoms with van der Waals surface area (Å²) in [5.74, 6) is -9.95. The molecule has 0 spiro atoms. The number of hydrogen-bond acceptors (Lipinski definition) is 14. The van der Waals surface area contributed by atoms with Crippen LogP contribution in [0.4, 0.5) is 0 Å². The zero-order chi connectivity index (χ0) is 45.5. The van der Waals surface area contributed by atoms with Gasteiger partial charge in [-0.15, -0.1) is 0 Å². The van der Waals surface area contributed by atoms with E-state index in [1.165, 1.54) is 12.1 Å². The van der Waals surface area contributed by atoms with Crippen LogP contribution in [0.1, 0.15) is 45.1 Å². The maximum atomic E-state index is 13.2. The van der Waals surface area contributed by atoms with Gasteiger partial charge in [0.15, 0.2) is 5.96 Å². The Balaban J connectivity index is 2.95. The van der Waals surface area contributed by atoms with Gasteiger partial charge in [-0.05, 0) is 42.9 Å². The number of aliphatic hydroxyl groups excluding tert-OH is 2. The quantitative estimate of drug-likeness (QED) is 0.0222. The molecule has 334 valence electrons. The van der Waals surface area contributed by atoms with E-state index in [1.807, 2.05) is 5.32 Å². The lowest BCUT2D eigenvalue weighted by Crippen LogP contribution is -2.58. The summed E-state index contributed by atoms with van der Waals surface area (Å²) in [7, 11) is 0. The van der Waals surface area contributed by atoms with Gasteiger partial charge in [0, 0.05) is 6.54 Å². The van der Waals surface area contributed by atoms with Crippen molar-refractivity contribution in [3.63, 3.8) is 0 Å². The molecule has 1 aromatic rings. The minimum Gasteiger partial charge on any atom is -0.508 e. The van der Waals surface area contributed by atoms with Crippen LogP contribution < -0.4 is 60.2 Å². The van der Waals surface area contributed by atoms with Gasteiger partial charge in [-0.2, -0.15) is 0 Å². The van der Waals surface area contributed by atoms with Crippen LogP contribution in [-0.4, -0.2) is 149 Å². The van der Waals surface area contributed by atoms with Crippen molar-refractivity contribution in [1.82, 2.24) is 37.2 Å². The van der Waals surface area contributed by atoms with Crippen LogP contribution in [0, 0.1) is 5.92 Å². The maximum absolute atomic E-state index is 13.2. The molecular formula is C35H56N12O13. The molecule has 0 aliphatic heterocycles. The van der Waals surface area contributed by atoms with Crippen molar-refractivity contribution < 1.29 is 63.6 Å². The van der Waals surface area contributed by atoms with Gasteiger partial charge >= 0.3 is 5.97 Å². The third kappa shape index (κ3) is 19.2. The molecule has 0 saturated carbocycles. The molecule has 1 aromatic carbocycles. The highest BCUT2D eigenvalue weighted by atomic mass is 16.4. The van der Waals surface area contributed by atoms with Crippen LogP contribution in [-0.2, 0) is 49.6 Å². The predicted molar refractivity (Wildman–Crippen MR) is 210 cm³/mol. The fourth-order valence-corrected chi connectivity index (χ4v) is 5.10. The number of guanidine groups is 1. The van der Waals surface area contributed by atoms with E-state index >= 15 is 0 Å². The molecule has 0 bridgehead atoms. The molecule has 0 heterocycles. The highest BCUT2D eigenvalue weighted by Crippen LogP contribution is 2.12. The van der Waals surface area contributed by atoms with E-state index in [9.17, 15) is 63.6 Å². The van der Waals surface area contributed by atoms with E-state index in [1.54, 1.807) is 26.0 Å². The number of carboxylic acid groups (broad SMARTS) is 1. The minimum absolute atomic E-state index is 0.00308. The summed E-state index contributed by atoms with van der Waals surface area (Å²) in [5.41, 5.74) is 22.4. The molecule has 0 unspecified atom stereocenters. The van der Waals surface area contributed by atoms with E-state index in [-0.39, 0.29) is 37.5 Å². The molecule has 1 rings (SSSR count). The first-order valence-corrected chi connectivity index (χ1v) is 18.6. The Labute approximate surface area is 344 Å². The lowest BCUT2D eigenvalue weighted by atomic mass is 9.97. The van der Waals surface area contributed by atoms with Crippen molar-refractivity contribution in [2.45, 2.75) is 82.2 Å². The summed E-state index contributed by atoms with van der Waals surface area (Å²) in [4.78, 5) is 117. The average molecular weight is 853 g/mol. The molecule has 0 radical (unpaired) electrons. The number of phenols is 1. The number of hydrogen-bond donors (Lipinski definition) is 15. The Morgan fingerprint density at radius 3 is 1.75 bits per heavy atom. The second-order valence-corrected chi connectivity index (χ2v) is 13.5. The number of carboxylic acids is 1. The van der Waals surface area contributed by atoms with Crippen molar-refractivity contribution in [2.75, 3.05) is 32.8 Å². The molecule has 0 aliphatic rings. The summed E-state index contributed by atoms with van der Waals surface area (Å²) in [6, 6.07) is -2.57. The molecule has 0 fully saturated rings. The SMILES string of the molecule is CC[C@H](C)[C@H](NC(=O)[C@@H](N)Cc1ccc(O)cc1)C(=O)NCC(=O)N[C@@H](CO)C(=O)N[C@@H](CCCN=C(N)N)C(=O)NCC(=O)N[C@@H](CC(=O)O)C(=O)N[C@@H](CO)C(N)=O. The minimum atomic E-state index is -1.77. The Hall–Kier alpha value is -6.60. The molecule has 25 heteroatoms. The van der Waals surface area contributed by atoms with Gasteiger partial charge in [-0.1, -0.05) is 32.4 Å². The number of aromatic hydroxyl groups is 1. The number of phenolic OH excluding ortho intramolecular Hbond substituents is 1. The Kier molecular flexibility index (Phi) is 22.6. The number of carbonyl (C=O) groups is 9. The predicted octanol–water partition coefficient (Wildman–Crippen LogP) is -7.04. The van der Waals surface area contributed by atoms with Crippen molar-refractivity contribution in [1.29, 1.82) is 0 Å². The molecule has 0 aliphatic carbocycles. The molecule has 60 heavy (non-hydrogen) atoms. The van der Waals surface area contributed by atoms with Crippen LogP contribution in [0.3, 0.4) is 0 Å². The topological polar surface area (TPSA) is 435 Å². The second kappa shape index (κ2) is 26.4. The number of aliphatic hydroxyl groups is 2. The summed E-state index contributed by atoms with van der Waals surface area (Å²) >= 11 is 0. The lowest BCUT2D eigenvalue weighted by Gasteiger charge is -2.25. The largest absolute Gasteiger partial charge is 0.508 e. The van der Waals surface area contributed by atoms with Crippen molar-refractivity contribution in [3.05, 3.63) is 29.8 Å². The first kappa shape index (κ1) is 51.4. The van der Waals surface area contributed by atoms with Crippen LogP contribution >= 0.6 is 0 Å². The summed E-state index contributed by atoms with van der Waals surface area (Å²) < 4.78 is 0. The molecule has 0 saturated heterocycles. The number of amides is 8. The van der Waals surface area contributed by atoms with Gasteiger partial charge in [0.25, 0.3) is 0 Å². The molecule has 0 aromatic heterocycles. The Bertz CT molecular complexity index is 1690. The fraction of sp³-hybridized carbons (Fsp3) is 0.543. The zero-order valence-electron chi connectivity index (χ0n) is 33.1. The monoisotopic (exact) mass is 852 g/mol. The number of benzene rings is 1. The standard InChI is InChI=1S/C35H56N12O13/c1-3-17(2)28(47-30(56)20(36)11-18-6-8-19(50)9-7-18)34(60)42-14-26(52)44-24(16-49)33(59)45-21(5-4-10-40-35(38)39)31(57)41-13-25(51)43-22(12-27(53)54)32(58)46-23(15-48)29(37)55/h6-9,17,20-24,28,48-50H,3-5,10-16,36H2,1-2H3,(H2,37,55)(H,41,57)(H,42,60)(H,43,51)(H,44,52)(H,45,59)(H,46,58)(H,47,56)(H,53,54)(H4,38,39,40)/t17-,20-,21-,22-,23-,24-,28-/m0/s1. The lowest BCUT2D eigenvalue weighted by molar-refractivity contribution is -0.141. The molecule has 7 atom stereocenters. The van der Waals surface area contributed by atoms with Crippen LogP contribution in [0.2, 0.25) is 0 Å². The highest BCUT2D eigenvalue weighted by molar-refractivity contribution is 5.97. The Morgan fingerprint density at radius 2 is 1.23 bits per heavy atom. The van der Waals surface area contributed by atoms with Gasteiger partial charge < -0.3 is 80.6 Å². The van der Waals surface area contributed by atoms with Gasteiger partial charge in [0.2, 0.25) is 47.3 Å². The van der Waals surface area contributed by atoms with Gasteiger partial charge in [-0.25, -0.2) is 0 Å². The molecular weight excluding hydrogens is 796 g/mol. The molecule has 25 nitrogen and oxygen atoms in total. The highest BCUT2D eigenvalue weighted by Gasteiger charge is 2.31. The Morgan fingerprint density at radius 1 is 0.700 bits per heavy atom. The fourth-order valence-electron chi connectivity index (χ4n) is 5.10. The number of nitrogens with zero attached hydrogens (tertiary/aromatic N) is 1. The summed E-state index contributed by atoms with van der Waals surface area (Å²) in [6.45, 7) is 0.0142. The van der Waals surface area contributed by atoms with Crippen LogP contribution in [0.15, 0.2) is 29.3 Å². The number of rotatable bonds is 27.